The molecule has 0 bridgehead atoms. The summed E-state index contributed by atoms with van der Waals surface area (Å²) >= 11 is 0. The maximum atomic E-state index is 2.98. The van der Waals surface area contributed by atoms with Crippen LogP contribution >= 0.6 is 0 Å². The topological polar surface area (TPSA) is 27.3 Å². The van der Waals surface area contributed by atoms with Gasteiger partial charge in [-0.05, 0) is 24.1 Å². The number of aryl methyl sites for hydroxylation is 1. The predicted octanol–water partition coefficient (Wildman–Crippen LogP) is 1.55. The zero-order valence-corrected chi connectivity index (χ0v) is 7.62. The average molecular weight is 175 g/mol. The van der Waals surface area contributed by atoms with Crippen LogP contribution in [0.15, 0.2) is 36.7 Å². The molecule has 0 aromatic heterocycles. The largest absolute Gasteiger partial charge is 0.309 e. The lowest BCUT2D eigenvalue weighted by molar-refractivity contribution is 0.680. The molecule has 2 rings (SSSR count). The van der Waals surface area contributed by atoms with Crippen LogP contribution in [0, 0.1) is 0 Å². The van der Waals surface area contributed by atoms with Gasteiger partial charge in [-0.1, -0.05) is 19.1 Å². The molecule has 3 heteroatoms. The molecular formula is C10H13N3. The molecule has 0 aliphatic carbocycles. The summed E-state index contributed by atoms with van der Waals surface area (Å²) in [5.74, 6) is 0. The van der Waals surface area contributed by atoms with Gasteiger partial charge in [0.25, 0.3) is 0 Å². The van der Waals surface area contributed by atoms with Crippen molar-refractivity contribution in [2.45, 2.75) is 13.3 Å². The molecule has 1 aliphatic heterocycles. The minimum atomic E-state index is 1.09. The molecule has 3 nitrogen and oxygen atoms in total. The lowest BCUT2D eigenvalue weighted by atomic mass is 10.1. The van der Waals surface area contributed by atoms with Crippen LogP contribution in [0.5, 0.6) is 0 Å². The van der Waals surface area contributed by atoms with E-state index in [1.165, 1.54) is 5.56 Å². The molecule has 0 saturated carbocycles. The third-order valence-corrected chi connectivity index (χ3v) is 2.11. The van der Waals surface area contributed by atoms with E-state index in [2.05, 4.69) is 42.1 Å². The summed E-state index contributed by atoms with van der Waals surface area (Å²) in [7, 11) is 0. The van der Waals surface area contributed by atoms with E-state index in [9.17, 15) is 0 Å². The Morgan fingerprint density at radius 1 is 1.23 bits per heavy atom. The van der Waals surface area contributed by atoms with E-state index in [0.717, 1.165) is 12.1 Å². The van der Waals surface area contributed by atoms with Gasteiger partial charge in [0.15, 0.2) is 0 Å². The maximum Gasteiger partial charge on any atom is 0.0589 e. The summed E-state index contributed by atoms with van der Waals surface area (Å²) in [6, 6.07) is 8.48. The third kappa shape index (κ3) is 1.65. The van der Waals surface area contributed by atoms with Crippen LogP contribution in [0.25, 0.3) is 0 Å². The summed E-state index contributed by atoms with van der Waals surface area (Å²) in [6.07, 6.45) is 4.89. The Labute approximate surface area is 78.0 Å². The number of hydrazine groups is 2. The lowest BCUT2D eigenvalue weighted by Crippen LogP contribution is -2.35. The molecule has 13 heavy (non-hydrogen) atoms. The number of hydrogen-bond donors (Lipinski definition) is 2. The van der Waals surface area contributed by atoms with E-state index in [4.69, 9.17) is 0 Å². The summed E-state index contributed by atoms with van der Waals surface area (Å²) in [6.45, 7) is 2.16. The fraction of sp³-hybridized carbons (Fsp3) is 0.200. The van der Waals surface area contributed by atoms with Gasteiger partial charge in [-0.25, -0.2) is 0 Å². The predicted molar refractivity (Wildman–Crippen MR) is 53.7 cm³/mol. The monoisotopic (exact) mass is 175 g/mol. The van der Waals surface area contributed by atoms with Crippen molar-refractivity contribution < 1.29 is 0 Å². The number of nitrogens with zero attached hydrogens (tertiary/aromatic N) is 1. The van der Waals surface area contributed by atoms with Crippen LogP contribution in [-0.2, 0) is 6.42 Å². The average Bonchev–Trinajstić information content (AvgIpc) is 2.71. The number of rotatable bonds is 2. The molecule has 0 atom stereocenters. The van der Waals surface area contributed by atoms with Crippen molar-refractivity contribution in [3.8, 4) is 0 Å². The minimum Gasteiger partial charge on any atom is -0.309 e. The van der Waals surface area contributed by atoms with E-state index in [-0.39, 0.29) is 0 Å². The molecule has 0 radical (unpaired) electrons. The molecule has 1 aromatic carbocycles. The fourth-order valence-electron chi connectivity index (χ4n) is 1.30. The van der Waals surface area contributed by atoms with Crippen molar-refractivity contribution in [3.63, 3.8) is 0 Å². The summed E-state index contributed by atoms with van der Waals surface area (Å²) < 4.78 is 0. The van der Waals surface area contributed by atoms with Crippen molar-refractivity contribution in [2.24, 2.45) is 0 Å². The van der Waals surface area contributed by atoms with Gasteiger partial charge in [-0.15, -0.1) is 5.53 Å². The Balaban J connectivity index is 2.17. The van der Waals surface area contributed by atoms with Crippen molar-refractivity contribution in [3.05, 3.63) is 42.2 Å². The summed E-state index contributed by atoms with van der Waals surface area (Å²) in [5, 5.41) is 1.93. The number of hydrogen-bond acceptors (Lipinski definition) is 3. The second-order valence-electron chi connectivity index (χ2n) is 2.96. The first-order valence-corrected chi connectivity index (χ1v) is 4.46. The molecule has 0 amide bonds. The van der Waals surface area contributed by atoms with Gasteiger partial charge in [0, 0.05) is 12.4 Å². The Morgan fingerprint density at radius 2 is 2.00 bits per heavy atom. The van der Waals surface area contributed by atoms with Crippen molar-refractivity contribution in [1.29, 1.82) is 0 Å². The van der Waals surface area contributed by atoms with Gasteiger partial charge in [0.05, 0.1) is 5.69 Å². The molecule has 2 N–H and O–H groups in total. The zero-order valence-electron chi connectivity index (χ0n) is 7.62. The Bertz CT molecular complexity index is 302. The summed E-state index contributed by atoms with van der Waals surface area (Å²) in [5.41, 5.74) is 8.38. The number of nitrogens with one attached hydrogen (secondary N) is 2. The maximum absolute atomic E-state index is 2.98. The molecule has 1 aromatic rings. The number of benzene rings is 1. The van der Waals surface area contributed by atoms with Gasteiger partial charge >= 0.3 is 0 Å². The van der Waals surface area contributed by atoms with Crippen LogP contribution in [-0.4, -0.2) is 0 Å². The second-order valence-corrected chi connectivity index (χ2v) is 2.96. The molecule has 0 fully saturated rings. The fourth-order valence-corrected chi connectivity index (χ4v) is 1.30. The molecule has 0 saturated heterocycles. The van der Waals surface area contributed by atoms with E-state index in [0.29, 0.717) is 0 Å². The quantitative estimate of drug-likeness (QED) is 0.714. The van der Waals surface area contributed by atoms with Crippen LogP contribution in [0.2, 0.25) is 0 Å². The van der Waals surface area contributed by atoms with E-state index in [1.807, 2.05) is 17.4 Å². The van der Waals surface area contributed by atoms with Gasteiger partial charge in [0.2, 0.25) is 0 Å². The Hall–Kier alpha value is -1.48. The first-order chi connectivity index (χ1) is 6.40. The van der Waals surface area contributed by atoms with Crippen LogP contribution in [0.4, 0.5) is 5.69 Å². The zero-order chi connectivity index (χ0) is 9.10. The summed E-state index contributed by atoms with van der Waals surface area (Å²) in [4.78, 5) is 0. The molecule has 68 valence electrons. The van der Waals surface area contributed by atoms with Gasteiger partial charge < -0.3 is 5.43 Å². The second kappa shape index (κ2) is 3.49. The highest BCUT2D eigenvalue weighted by molar-refractivity contribution is 5.49. The normalized spacial score (nSPS) is 14.7. The van der Waals surface area contributed by atoms with Crippen molar-refractivity contribution >= 4 is 5.69 Å². The Kier molecular flexibility index (Phi) is 2.19. The third-order valence-electron chi connectivity index (χ3n) is 2.11. The van der Waals surface area contributed by atoms with E-state index < -0.39 is 0 Å². The van der Waals surface area contributed by atoms with Gasteiger partial charge in [0.1, 0.15) is 0 Å². The highest BCUT2D eigenvalue weighted by Gasteiger charge is 2.04. The van der Waals surface area contributed by atoms with Gasteiger partial charge in [-0.3, -0.25) is 5.01 Å². The molecule has 0 unspecified atom stereocenters. The van der Waals surface area contributed by atoms with Crippen molar-refractivity contribution in [1.82, 2.24) is 11.0 Å². The molecule has 1 heterocycles. The standard InChI is InChI=1S/C10H13N3/c1-2-9-3-5-10(6-4-9)13-8-7-11-12-13/h3-8,11-12H,2H2,1H3. The smallest absolute Gasteiger partial charge is 0.0589 e. The van der Waals surface area contributed by atoms with Crippen LogP contribution in [0.1, 0.15) is 12.5 Å². The first kappa shape index (κ1) is 8.13. The number of anilines is 1. The van der Waals surface area contributed by atoms with E-state index in [1.54, 1.807) is 0 Å². The van der Waals surface area contributed by atoms with Crippen molar-refractivity contribution in [2.75, 3.05) is 5.01 Å². The van der Waals surface area contributed by atoms with Crippen LogP contribution < -0.4 is 16.0 Å². The van der Waals surface area contributed by atoms with E-state index >= 15 is 0 Å². The Morgan fingerprint density at radius 3 is 2.54 bits per heavy atom. The minimum absolute atomic E-state index is 1.09. The molecular weight excluding hydrogens is 162 g/mol. The molecule has 0 spiro atoms. The highest BCUT2D eigenvalue weighted by atomic mass is 15.7. The SMILES string of the molecule is CCc1ccc(N2C=CNN2)cc1. The first-order valence-electron chi connectivity index (χ1n) is 4.46. The highest BCUT2D eigenvalue weighted by Crippen LogP contribution is 2.14. The van der Waals surface area contributed by atoms with Gasteiger partial charge in [-0.2, -0.15) is 0 Å². The lowest BCUT2D eigenvalue weighted by Gasteiger charge is -2.15. The molecule has 1 aliphatic rings. The van der Waals surface area contributed by atoms with Crippen LogP contribution in [0.3, 0.4) is 0 Å².